The summed E-state index contributed by atoms with van der Waals surface area (Å²) in [6.07, 6.45) is -0.317. The number of hydrogen-bond acceptors (Lipinski definition) is 3. The van der Waals surface area contributed by atoms with E-state index in [2.05, 4.69) is 15.9 Å². The van der Waals surface area contributed by atoms with Crippen LogP contribution in [0.2, 0.25) is 0 Å². The van der Waals surface area contributed by atoms with Gasteiger partial charge in [0.1, 0.15) is 10.2 Å². The maximum Gasteiger partial charge on any atom is 0.307 e. The fraction of sp³-hybridized carbons (Fsp3) is 0.300. The minimum atomic E-state index is -1.06. The molecule has 1 aromatic carbocycles. The van der Waals surface area contributed by atoms with Gasteiger partial charge in [0.15, 0.2) is 11.6 Å². The molecular weight excluding hydrogens is 283 g/mol. The Morgan fingerprint density at radius 3 is 2.44 bits per heavy atom. The first kappa shape index (κ1) is 12.8. The molecule has 0 unspecified atom stereocenters. The van der Waals surface area contributed by atoms with Crippen molar-refractivity contribution >= 4 is 21.9 Å². The van der Waals surface area contributed by atoms with Crippen molar-refractivity contribution in [1.29, 1.82) is 0 Å². The molecule has 1 aromatic rings. The lowest BCUT2D eigenvalue weighted by molar-refractivity contribution is -0.136. The van der Waals surface area contributed by atoms with Crippen molar-refractivity contribution in [3.05, 3.63) is 21.9 Å². The zero-order valence-corrected chi connectivity index (χ0v) is 10.3. The summed E-state index contributed by atoms with van der Waals surface area (Å²) in [5.41, 5.74) is 0.250. The first-order valence-electron chi connectivity index (χ1n) is 4.31. The van der Waals surface area contributed by atoms with Gasteiger partial charge in [0.05, 0.1) is 20.6 Å². The second kappa shape index (κ2) is 5.16. The highest BCUT2D eigenvalue weighted by molar-refractivity contribution is 9.10. The molecule has 0 fully saturated rings. The highest BCUT2D eigenvalue weighted by Gasteiger charge is 2.19. The zero-order chi connectivity index (χ0) is 12.3. The second-order valence-electron chi connectivity index (χ2n) is 2.97. The lowest BCUT2D eigenvalue weighted by Gasteiger charge is -2.13. The Hall–Kier alpha value is -1.30. The summed E-state index contributed by atoms with van der Waals surface area (Å²) in [6, 6.07) is 1.09. The van der Waals surface area contributed by atoms with Gasteiger partial charge in [0, 0.05) is 5.56 Å². The van der Waals surface area contributed by atoms with Crippen LogP contribution >= 0.6 is 15.9 Å². The van der Waals surface area contributed by atoms with E-state index in [9.17, 15) is 9.18 Å². The minimum absolute atomic E-state index is 0.00834. The predicted molar refractivity (Wildman–Crippen MR) is 58.5 cm³/mol. The van der Waals surface area contributed by atoms with E-state index < -0.39 is 11.8 Å². The molecule has 0 bridgehead atoms. The van der Waals surface area contributed by atoms with E-state index in [0.29, 0.717) is 0 Å². The van der Waals surface area contributed by atoms with Crippen LogP contribution in [0, 0.1) is 5.82 Å². The zero-order valence-electron chi connectivity index (χ0n) is 8.71. The molecule has 0 amide bonds. The fourth-order valence-electron chi connectivity index (χ4n) is 1.34. The van der Waals surface area contributed by atoms with Crippen molar-refractivity contribution in [3.63, 3.8) is 0 Å². The lowest BCUT2D eigenvalue weighted by Crippen LogP contribution is -2.04. The average Bonchev–Trinajstić information content (AvgIpc) is 2.17. The van der Waals surface area contributed by atoms with Gasteiger partial charge in [-0.25, -0.2) is 4.39 Å². The average molecular weight is 293 g/mol. The number of aliphatic carboxylic acids is 1. The molecule has 0 saturated heterocycles. The van der Waals surface area contributed by atoms with Crippen molar-refractivity contribution in [2.45, 2.75) is 6.42 Å². The third-order valence-electron chi connectivity index (χ3n) is 1.96. The molecule has 0 aromatic heterocycles. The number of ether oxygens (including phenoxy) is 2. The van der Waals surface area contributed by atoms with E-state index in [1.165, 1.54) is 14.2 Å². The molecule has 0 aliphatic heterocycles. The van der Waals surface area contributed by atoms with Gasteiger partial charge < -0.3 is 14.6 Å². The van der Waals surface area contributed by atoms with Crippen LogP contribution in [0.3, 0.4) is 0 Å². The van der Waals surface area contributed by atoms with Gasteiger partial charge in [0.25, 0.3) is 0 Å². The molecule has 16 heavy (non-hydrogen) atoms. The number of carbonyl (C=O) groups is 1. The van der Waals surface area contributed by atoms with Gasteiger partial charge >= 0.3 is 5.97 Å². The Kier molecular flexibility index (Phi) is 4.12. The summed E-state index contributed by atoms with van der Waals surface area (Å²) >= 11 is 3.11. The number of carboxylic acids is 1. The highest BCUT2D eigenvalue weighted by atomic mass is 79.9. The maximum absolute atomic E-state index is 13.5. The van der Waals surface area contributed by atoms with Gasteiger partial charge in [0.2, 0.25) is 0 Å². The summed E-state index contributed by atoms with van der Waals surface area (Å²) in [7, 11) is 2.70. The molecule has 88 valence electrons. The summed E-state index contributed by atoms with van der Waals surface area (Å²) in [6.45, 7) is 0. The lowest BCUT2D eigenvalue weighted by atomic mass is 10.1. The van der Waals surface area contributed by atoms with Crippen LogP contribution in [0.25, 0.3) is 0 Å². The quantitative estimate of drug-likeness (QED) is 0.925. The van der Waals surface area contributed by atoms with Crippen molar-refractivity contribution in [3.8, 4) is 11.5 Å². The summed E-state index contributed by atoms with van der Waals surface area (Å²) < 4.78 is 23.6. The summed E-state index contributed by atoms with van der Waals surface area (Å²) in [4.78, 5) is 10.6. The number of methoxy groups -OCH3 is 2. The van der Waals surface area contributed by atoms with E-state index in [4.69, 9.17) is 14.6 Å². The fourth-order valence-corrected chi connectivity index (χ4v) is 2.10. The van der Waals surface area contributed by atoms with Gasteiger partial charge in [-0.05, 0) is 22.0 Å². The Balaban J connectivity index is 3.34. The minimum Gasteiger partial charge on any atom is -0.495 e. The molecule has 0 spiro atoms. The summed E-state index contributed by atoms with van der Waals surface area (Å²) in [5.74, 6) is -1.44. The Bertz CT molecular complexity index is 420. The molecule has 0 saturated carbocycles. The SMILES string of the molecule is COc1c(F)cc(CC(=O)O)c(OC)c1Br. The number of hydrogen-bond donors (Lipinski definition) is 1. The van der Waals surface area contributed by atoms with Gasteiger partial charge in [-0.15, -0.1) is 0 Å². The third kappa shape index (κ3) is 2.44. The standard InChI is InChI=1S/C10H10BrFO4/c1-15-9-5(4-7(13)14)3-6(12)10(16-2)8(9)11/h3H,4H2,1-2H3,(H,13,14). The number of halogens is 2. The smallest absolute Gasteiger partial charge is 0.307 e. The molecule has 0 aliphatic carbocycles. The Morgan fingerprint density at radius 1 is 1.44 bits per heavy atom. The first-order valence-corrected chi connectivity index (χ1v) is 5.11. The molecule has 0 heterocycles. The molecule has 0 aliphatic rings. The Labute approximate surface area is 100 Å². The molecular formula is C10H10BrFO4. The van der Waals surface area contributed by atoms with Crippen molar-refractivity contribution in [1.82, 2.24) is 0 Å². The predicted octanol–water partition coefficient (Wildman–Crippen LogP) is 2.23. The molecule has 6 heteroatoms. The van der Waals surface area contributed by atoms with E-state index in [1.807, 2.05) is 0 Å². The van der Waals surface area contributed by atoms with Crippen LogP contribution < -0.4 is 9.47 Å². The van der Waals surface area contributed by atoms with E-state index >= 15 is 0 Å². The molecule has 4 nitrogen and oxygen atoms in total. The topological polar surface area (TPSA) is 55.8 Å². The van der Waals surface area contributed by atoms with E-state index in [1.54, 1.807) is 0 Å². The number of rotatable bonds is 4. The van der Waals surface area contributed by atoms with E-state index in [0.717, 1.165) is 6.07 Å². The molecule has 1 N–H and O–H groups in total. The molecule has 0 atom stereocenters. The summed E-state index contributed by atoms with van der Waals surface area (Å²) in [5, 5.41) is 8.67. The first-order chi connectivity index (χ1) is 7.51. The third-order valence-corrected chi connectivity index (χ3v) is 2.68. The number of benzene rings is 1. The van der Waals surface area contributed by atoms with Crippen LogP contribution in [0.15, 0.2) is 10.5 Å². The van der Waals surface area contributed by atoms with Crippen LogP contribution in [0.4, 0.5) is 4.39 Å². The molecule has 1 rings (SSSR count). The largest absolute Gasteiger partial charge is 0.495 e. The second-order valence-corrected chi connectivity index (χ2v) is 3.76. The van der Waals surface area contributed by atoms with Crippen molar-refractivity contribution in [2.24, 2.45) is 0 Å². The maximum atomic E-state index is 13.5. The highest BCUT2D eigenvalue weighted by Crippen LogP contribution is 2.39. The number of carboxylic acid groups (broad SMARTS) is 1. The monoisotopic (exact) mass is 292 g/mol. The van der Waals surface area contributed by atoms with Crippen LogP contribution in [-0.2, 0) is 11.2 Å². The van der Waals surface area contributed by atoms with E-state index in [-0.39, 0.29) is 28.0 Å². The van der Waals surface area contributed by atoms with Crippen LogP contribution in [0.1, 0.15) is 5.56 Å². The van der Waals surface area contributed by atoms with Crippen molar-refractivity contribution in [2.75, 3.05) is 14.2 Å². The Morgan fingerprint density at radius 2 is 2.00 bits per heavy atom. The normalized spacial score (nSPS) is 10.0. The van der Waals surface area contributed by atoms with Gasteiger partial charge in [-0.1, -0.05) is 0 Å². The van der Waals surface area contributed by atoms with Crippen molar-refractivity contribution < 1.29 is 23.8 Å². The van der Waals surface area contributed by atoms with Gasteiger partial charge in [-0.3, -0.25) is 4.79 Å². The van der Waals surface area contributed by atoms with Crippen LogP contribution in [-0.4, -0.2) is 25.3 Å². The van der Waals surface area contributed by atoms with Gasteiger partial charge in [-0.2, -0.15) is 0 Å². The van der Waals surface area contributed by atoms with Crippen LogP contribution in [0.5, 0.6) is 11.5 Å². The molecule has 0 radical (unpaired) electrons.